The lowest BCUT2D eigenvalue weighted by Gasteiger charge is -1.99. The Morgan fingerprint density at radius 1 is 1.67 bits per heavy atom. The van der Waals surface area contributed by atoms with Gasteiger partial charge in [-0.1, -0.05) is 15.9 Å². The molecule has 1 heterocycles. The van der Waals surface area contributed by atoms with E-state index >= 15 is 0 Å². The summed E-state index contributed by atoms with van der Waals surface area (Å²) in [6, 6.07) is 0.120. The number of alkyl halides is 1. The zero-order valence-electron chi connectivity index (χ0n) is 4.80. The third kappa shape index (κ3) is 1.91. The smallest absolute Gasteiger partial charge is 0.211 e. The molecular formula is C4H8BrNO2S. The molecule has 54 valence electrons. The number of hydrogen-bond donors (Lipinski definition) is 1. The van der Waals surface area contributed by atoms with Gasteiger partial charge in [0.1, 0.15) is 0 Å². The van der Waals surface area contributed by atoms with Crippen molar-refractivity contribution in [3.05, 3.63) is 0 Å². The predicted octanol–water partition coefficient (Wildman–Crippen LogP) is 0.0730. The standard InChI is InChI=1S/C4H8BrNO2S/c5-3-4-1-2-9(7,8)6-4/h4,6H,1-3H2. The lowest BCUT2D eigenvalue weighted by molar-refractivity contribution is 0.588. The molecule has 0 spiro atoms. The number of sulfonamides is 1. The van der Waals surface area contributed by atoms with Gasteiger partial charge < -0.3 is 0 Å². The molecule has 0 saturated carbocycles. The first-order valence-electron chi connectivity index (χ1n) is 2.70. The van der Waals surface area contributed by atoms with Gasteiger partial charge in [-0.25, -0.2) is 13.1 Å². The van der Waals surface area contributed by atoms with Crippen molar-refractivity contribution in [2.24, 2.45) is 0 Å². The highest BCUT2D eigenvalue weighted by Crippen LogP contribution is 2.08. The molecule has 0 amide bonds. The topological polar surface area (TPSA) is 46.2 Å². The monoisotopic (exact) mass is 213 g/mol. The van der Waals surface area contributed by atoms with E-state index in [9.17, 15) is 8.42 Å². The third-order valence-electron chi connectivity index (χ3n) is 1.27. The quantitative estimate of drug-likeness (QED) is 0.628. The Morgan fingerprint density at radius 2 is 2.33 bits per heavy atom. The van der Waals surface area contributed by atoms with Crippen LogP contribution < -0.4 is 4.72 Å². The number of nitrogens with one attached hydrogen (secondary N) is 1. The molecule has 1 unspecified atom stereocenters. The minimum Gasteiger partial charge on any atom is -0.212 e. The fourth-order valence-corrected chi connectivity index (χ4v) is 2.90. The fourth-order valence-electron chi connectivity index (χ4n) is 0.778. The van der Waals surface area contributed by atoms with Crippen molar-refractivity contribution < 1.29 is 8.42 Å². The van der Waals surface area contributed by atoms with Gasteiger partial charge >= 0.3 is 0 Å². The summed E-state index contributed by atoms with van der Waals surface area (Å²) in [6.07, 6.45) is 0.730. The van der Waals surface area contributed by atoms with Crippen molar-refractivity contribution in [1.29, 1.82) is 0 Å². The maximum absolute atomic E-state index is 10.7. The van der Waals surface area contributed by atoms with Crippen LogP contribution in [0.1, 0.15) is 6.42 Å². The number of halogens is 1. The average molecular weight is 214 g/mol. The first-order chi connectivity index (χ1) is 4.14. The van der Waals surface area contributed by atoms with Crippen LogP contribution in [0.15, 0.2) is 0 Å². The van der Waals surface area contributed by atoms with E-state index in [1.54, 1.807) is 0 Å². The van der Waals surface area contributed by atoms with Crippen molar-refractivity contribution in [3.63, 3.8) is 0 Å². The van der Waals surface area contributed by atoms with E-state index in [0.717, 1.165) is 6.42 Å². The van der Waals surface area contributed by atoms with Gasteiger partial charge in [-0.3, -0.25) is 0 Å². The van der Waals surface area contributed by atoms with Crippen molar-refractivity contribution >= 4 is 26.0 Å². The molecule has 1 fully saturated rings. The second kappa shape index (κ2) is 2.56. The SMILES string of the molecule is O=S1(=O)CCC(CBr)N1. The van der Waals surface area contributed by atoms with Gasteiger partial charge in [0.05, 0.1) is 5.75 Å². The molecular weight excluding hydrogens is 206 g/mol. The summed E-state index contributed by atoms with van der Waals surface area (Å²) in [5, 5.41) is 0.715. The maximum atomic E-state index is 10.7. The van der Waals surface area contributed by atoms with Crippen LogP contribution in [-0.4, -0.2) is 25.5 Å². The molecule has 0 aromatic rings. The van der Waals surface area contributed by atoms with Gasteiger partial charge in [-0.15, -0.1) is 0 Å². The van der Waals surface area contributed by atoms with E-state index in [0.29, 0.717) is 5.33 Å². The van der Waals surface area contributed by atoms with Gasteiger partial charge in [-0.05, 0) is 6.42 Å². The first kappa shape index (κ1) is 7.50. The van der Waals surface area contributed by atoms with Gasteiger partial charge in [0.15, 0.2) is 0 Å². The molecule has 5 heteroatoms. The summed E-state index contributed by atoms with van der Waals surface area (Å²) in [4.78, 5) is 0. The van der Waals surface area contributed by atoms with Gasteiger partial charge in [0, 0.05) is 11.4 Å². The zero-order chi connectivity index (χ0) is 6.91. The molecule has 0 radical (unpaired) electrons. The largest absolute Gasteiger partial charge is 0.212 e. The minimum atomic E-state index is -2.89. The van der Waals surface area contributed by atoms with Crippen LogP contribution in [-0.2, 0) is 10.0 Å². The van der Waals surface area contributed by atoms with Gasteiger partial charge in [0.25, 0.3) is 0 Å². The lowest BCUT2D eigenvalue weighted by Crippen LogP contribution is -2.26. The van der Waals surface area contributed by atoms with Crippen molar-refractivity contribution in [3.8, 4) is 0 Å². The van der Waals surface area contributed by atoms with E-state index in [-0.39, 0.29) is 11.8 Å². The van der Waals surface area contributed by atoms with E-state index in [1.165, 1.54) is 0 Å². The van der Waals surface area contributed by atoms with Crippen LogP contribution in [0.25, 0.3) is 0 Å². The Labute approximate surface area is 63.0 Å². The second-order valence-electron chi connectivity index (χ2n) is 2.08. The molecule has 0 aliphatic carbocycles. The molecule has 1 atom stereocenters. The second-order valence-corrected chi connectivity index (χ2v) is 4.60. The summed E-state index contributed by atoms with van der Waals surface area (Å²) in [7, 11) is -2.89. The molecule has 1 rings (SSSR count). The molecule has 0 bridgehead atoms. The van der Waals surface area contributed by atoms with Crippen LogP contribution in [0.4, 0.5) is 0 Å². The van der Waals surface area contributed by atoms with E-state index < -0.39 is 10.0 Å². The van der Waals surface area contributed by atoms with Crippen molar-refractivity contribution in [2.45, 2.75) is 12.5 Å². The van der Waals surface area contributed by atoms with Crippen LogP contribution in [0.2, 0.25) is 0 Å². The van der Waals surface area contributed by atoms with Gasteiger partial charge in [0.2, 0.25) is 10.0 Å². The summed E-state index contributed by atoms with van der Waals surface area (Å²) in [6.45, 7) is 0. The third-order valence-corrected chi connectivity index (χ3v) is 3.51. The zero-order valence-corrected chi connectivity index (χ0v) is 7.20. The van der Waals surface area contributed by atoms with E-state index in [2.05, 4.69) is 20.7 Å². The molecule has 1 aliphatic rings. The lowest BCUT2D eigenvalue weighted by atomic mass is 10.3. The molecule has 3 nitrogen and oxygen atoms in total. The fraction of sp³-hybridized carbons (Fsp3) is 1.00. The normalized spacial score (nSPS) is 32.8. The van der Waals surface area contributed by atoms with Gasteiger partial charge in [-0.2, -0.15) is 0 Å². The highest BCUT2D eigenvalue weighted by molar-refractivity contribution is 9.09. The summed E-state index contributed by atoms with van der Waals surface area (Å²) >= 11 is 3.20. The summed E-state index contributed by atoms with van der Waals surface area (Å²) in [5.41, 5.74) is 0. The minimum absolute atomic E-state index is 0.120. The Kier molecular flexibility index (Phi) is 2.13. The van der Waals surface area contributed by atoms with E-state index in [4.69, 9.17) is 0 Å². The summed E-state index contributed by atoms with van der Waals surface area (Å²) < 4.78 is 23.8. The molecule has 0 aromatic carbocycles. The maximum Gasteiger partial charge on any atom is 0.211 e. The molecule has 1 saturated heterocycles. The Bertz CT molecular complexity index is 189. The summed E-state index contributed by atoms with van der Waals surface area (Å²) in [5.74, 6) is 0.281. The Balaban J connectivity index is 2.58. The first-order valence-corrected chi connectivity index (χ1v) is 5.47. The van der Waals surface area contributed by atoms with Crippen LogP contribution in [0, 0.1) is 0 Å². The van der Waals surface area contributed by atoms with Crippen LogP contribution >= 0.6 is 15.9 Å². The highest BCUT2D eigenvalue weighted by Gasteiger charge is 2.25. The van der Waals surface area contributed by atoms with Crippen LogP contribution in [0.5, 0.6) is 0 Å². The predicted molar refractivity (Wildman–Crippen MR) is 39.1 cm³/mol. The Hall–Kier alpha value is 0.390. The van der Waals surface area contributed by atoms with Crippen molar-refractivity contribution in [1.82, 2.24) is 4.72 Å². The number of rotatable bonds is 1. The highest BCUT2D eigenvalue weighted by atomic mass is 79.9. The van der Waals surface area contributed by atoms with Crippen LogP contribution in [0.3, 0.4) is 0 Å². The Morgan fingerprint density at radius 3 is 2.56 bits per heavy atom. The molecule has 1 aliphatic heterocycles. The van der Waals surface area contributed by atoms with Crippen molar-refractivity contribution in [2.75, 3.05) is 11.1 Å². The molecule has 9 heavy (non-hydrogen) atoms. The number of hydrogen-bond acceptors (Lipinski definition) is 2. The van der Waals surface area contributed by atoms with E-state index in [1.807, 2.05) is 0 Å². The molecule has 0 aromatic heterocycles. The average Bonchev–Trinajstić information content (AvgIpc) is 2.10. The molecule has 1 N–H and O–H groups in total.